The Morgan fingerprint density at radius 3 is 2.00 bits per heavy atom. The number of rotatable bonds is 9. The molecule has 3 aromatic carbocycles. The Kier molecular flexibility index (Phi) is 8.08. The maximum atomic E-state index is 12.5. The molecule has 0 saturated carbocycles. The minimum absolute atomic E-state index is 0.289. The van der Waals surface area contributed by atoms with Crippen LogP contribution in [0.25, 0.3) is 10.9 Å². The predicted molar refractivity (Wildman–Crippen MR) is 159 cm³/mol. The Bertz CT molecular complexity index is 1310. The lowest BCUT2D eigenvalue weighted by Gasteiger charge is -2.40. The molecule has 5 nitrogen and oxygen atoms in total. The maximum absolute atomic E-state index is 12.5. The molecule has 2 aliphatic rings. The highest BCUT2D eigenvalue weighted by Gasteiger charge is 2.26. The van der Waals surface area contributed by atoms with Crippen molar-refractivity contribution in [2.45, 2.75) is 44.8 Å². The molecule has 202 valence electrons. The lowest BCUT2D eigenvalue weighted by molar-refractivity contribution is -0.130. The van der Waals surface area contributed by atoms with Crippen molar-refractivity contribution in [2.24, 2.45) is 0 Å². The molecule has 0 unspecified atom stereocenters. The van der Waals surface area contributed by atoms with Crippen molar-refractivity contribution in [3.63, 3.8) is 0 Å². The zero-order valence-corrected chi connectivity index (χ0v) is 22.9. The second-order valence-electron chi connectivity index (χ2n) is 11.1. The molecule has 2 aliphatic heterocycles. The molecule has 5 heteroatoms. The minimum Gasteiger partial charge on any atom is -0.343 e. The lowest BCUT2D eigenvalue weighted by atomic mass is 9.96. The number of benzene rings is 3. The molecule has 2 fully saturated rings. The number of aromatic nitrogens is 1. The summed E-state index contributed by atoms with van der Waals surface area (Å²) >= 11 is 0. The zero-order chi connectivity index (χ0) is 26.4. The van der Waals surface area contributed by atoms with E-state index in [0.717, 1.165) is 71.6 Å². The second kappa shape index (κ2) is 12.2. The van der Waals surface area contributed by atoms with Crippen molar-refractivity contribution in [1.29, 1.82) is 0 Å². The van der Waals surface area contributed by atoms with Crippen molar-refractivity contribution in [3.05, 3.63) is 108 Å². The van der Waals surface area contributed by atoms with Crippen molar-refractivity contribution in [3.8, 4) is 0 Å². The summed E-state index contributed by atoms with van der Waals surface area (Å²) in [5.74, 6) is 0.332. The summed E-state index contributed by atoms with van der Waals surface area (Å²) in [4.78, 5) is 19.8. The Morgan fingerprint density at radius 1 is 0.718 bits per heavy atom. The van der Waals surface area contributed by atoms with Gasteiger partial charge in [0.15, 0.2) is 0 Å². The molecule has 0 bridgehead atoms. The number of piperazine rings is 1. The molecule has 1 aromatic heterocycles. The first-order chi connectivity index (χ1) is 19.3. The van der Waals surface area contributed by atoms with Crippen molar-refractivity contribution < 1.29 is 4.79 Å². The fraction of sp³-hybridized carbons (Fsp3) is 0.382. The fourth-order valence-corrected chi connectivity index (χ4v) is 6.46. The summed E-state index contributed by atoms with van der Waals surface area (Å²) in [5, 5.41) is 1.33. The Hall–Kier alpha value is -3.41. The normalized spacial score (nSPS) is 16.9. The third kappa shape index (κ3) is 5.95. The van der Waals surface area contributed by atoms with Gasteiger partial charge in [0.1, 0.15) is 0 Å². The summed E-state index contributed by atoms with van der Waals surface area (Å²) < 4.78 is 2.43. The monoisotopic (exact) mass is 520 g/mol. The first kappa shape index (κ1) is 25.8. The van der Waals surface area contributed by atoms with E-state index in [1.54, 1.807) is 0 Å². The third-order valence-electron chi connectivity index (χ3n) is 8.52. The Labute approximate surface area is 232 Å². The third-order valence-corrected chi connectivity index (χ3v) is 8.52. The number of carbonyl (C=O) groups excluding carboxylic acids is 1. The molecule has 3 heterocycles. The number of nitrogens with zero attached hydrogens (tertiary/aromatic N) is 4. The number of carbonyl (C=O) groups is 1. The molecule has 0 aliphatic carbocycles. The van der Waals surface area contributed by atoms with Crippen molar-refractivity contribution >= 4 is 16.8 Å². The van der Waals surface area contributed by atoms with E-state index in [1.807, 2.05) is 4.90 Å². The van der Waals surface area contributed by atoms with Gasteiger partial charge in [0, 0.05) is 62.8 Å². The van der Waals surface area contributed by atoms with Gasteiger partial charge in [-0.2, -0.15) is 0 Å². The molecule has 39 heavy (non-hydrogen) atoms. The molecule has 0 spiro atoms. The van der Waals surface area contributed by atoms with E-state index in [2.05, 4.69) is 105 Å². The first-order valence-corrected chi connectivity index (χ1v) is 14.7. The highest BCUT2D eigenvalue weighted by Crippen LogP contribution is 2.30. The van der Waals surface area contributed by atoms with Crippen LogP contribution < -0.4 is 0 Å². The van der Waals surface area contributed by atoms with Gasteiger partial charge in [-0.3, -0.25) is 14.6 Å². The van der Waals surface area contributed by atoms with Crippen LogP contribution in [0, 0.1) is 0 Å². The molecular weight excluding hydrogens is 480 g/mol. The highest BCUT2D eigenvalue weighted by molar-refractivity contribution is 5.84. The van der Waals surface area contributed by atoms with E-state index in [4.69, 9.17) is 0 Å². The van der Waals surface area contributed by atoms with Gasteiger partial charge in [0.25, 0.3) is 0 Å². The Balaban J connectivity index is 1.11. The van der Waals surface area contributed by atoms with Gasteiger partial charge in [0.2, 0.25) is 5.91 Å². The number of likely N-dealkylation sites (tertiary alicyclic amines) is 1. The number of amides is 1. The summed E-state index contributed by atoms with van der Waals surface area (Å²) in [6.07, 6.45) is 7.19. The van der Waals surface area contributed by atoms with E-state index in [9.17, 15) is 4.79 Å². The lowest BCUT2D eigenvalue weighted by Crippen LogP contribution is -2.48. The van der Waals surface area contributed by atoms with Crippen LogP contribution in [0.1, 0.15) is 48.4 Å². The van der Waals surface area contributed by atoms with Gasteiger partial charge >= 0.3 is 0 Å². The largest absolute Gasteiger partial charge is 0.343 e. The molecule has 0 radical (unpaired) electrons. The van der Waals surface area contributed by atoms with Crippen LogP contribution in [0.4, 0.5) is 0 Å². The topological polar surface area (TPSA) is 31.7 Å². The van der Waals surface area contributed by atoms with E-state index in [1.165, 1.54) is 27.6 Å². The van der Waals surface area contributed by atoms with Crippen LogP contribution in [0.15, 0.2) is 91.1 Å². The van der Waals surface area contributed by atoms with Crippen LogP contribution in [0.2, 0.25) is 0 Å². The second-order valence-corrected chi connectivity index (χ2v) is 11.1. The maximum Gasteiger partial charge on any atom is 0.222 e. The molecule has 0 atom stereocenters. The van der Waals surface area contributed by atoms with Crippen LogP contribution in [-0.4, -0.2) is 64.4 Å². The zero-order valence-electron chi connectivity index (χ0n) is 22.9. The van der Waals surface area contributed by atoms with Crippen molar-refractivity contribution in [2.75, 3.05) is 39.3 Å². The number of hydrogen-bond donors (Lipinski definition) is 0. The standard InChI is InChI=1S/C34H40N4O/c39-33(36-20-9-10-21-36)19-11-16-30-26-38(32-18-8-7-17-31(30)32)27-35-22-24-37(25-23-35)34(28-12-3-1-4-13-28)29-14-5-2-6-15-29/h1-8,12-15,17-18,26,34H,9-11,16,19-25,27H2. The van der Waals surface area contributed by atoms with Gasteiger partial charge < -0.3 is 9.47 Å². The average molecular weight is 521 g/mol. The summed E-state index contributed by atoms with van der Waals surface area (Å²) in [7, 11) is 0. The van der Waals surface area contributed by atoms with Gasteiger partial charge in [-0.25, -0.2) is 0 Å². The minimum atomic E-state index is 0.289. The van der Waals surface area contributed by atoms with Crippen molar-refractivity contribution in [1.82, 2.24) is 19.3 Å². The van der Waals surface area contributed by atoms with E-state index < -0.39 is 0 Å². The van der Waals surface area contributed by atoms with Crippen LogP contribution in [0.5, 0.6) is 0 Å². The quantitative estimate of drug-likeness (QED) is 0.273. The Morgan fingerprint density at radius 2 is 1.33 bits per heavy atom. The molecule has 6 rings (SSSR count). The number of fused-ring (bicyclic) bond motifs is 1. The molecule has 1 amide bonds. The average Bonchev–Trinajstić information content (AvgIpc) is 3.65. The van der Waals surface area contributed by atoms with E-state index in [0.29, 0.717) is 12.3 Å². The van der Waals surface area contributed by atoms with Gasteiger partial charge in [-0.05, 0) is 48.4 Å². The van der Waals surface area contributed by atoms with Crippen LogP contribution in [-0.2, 0) is 17.9 Å². The first-order valence-electron chi connectivity index (χ1n) is 14.7. The van der Waals surface area contributed by atoms with Crippen LogP contribution >= 0.6 is 0 Å². The summed E-state index contributed by atoms with van der Waals surface area (Å²) in [5.41, 5.74) is 5.39. The van der Waals surface area contributed by atoms with Gasteiger partial charge in [-0.15, -0.1) is 0 Å². The van der Waals surface area contributed by atoms with Gasteiger partial charge in [-0.1, -0.05) is 78.9 Å². The van der Waals surface area contributed by atoms with Crippen LogP contribution in [0.3, 0.4) is 0 Å². The van der Waals surface area contributed by atoms with E-state index >= 15 is 0 Å². The number of aryl methyl sites for hydroxylation is 1. The molecule has 0 N–H and O–H groups in total. The van der Waals surface area contributed by atoms with E-state index in [-0.39, 0.29) is 6.04 Å². The summed E-state index contributed by atoms with van der Waals surface area (Å²) in [6.45, 7) is 6.97. The molecule has 4 aromatic rings. The molecule has 2 saturated heterocycles. The molecular formula is C34H40N4O. The van der Waals surface area contributed by atoms with Gasteiger partial charge in [0.05, 0.1) is 12.7 Å². The highest BCUT2D eigenvalue weighted by atomic mass is 16.2. The number of hydrogen-bond acceptors (Lipinski definition) is 3. The summed E-state index contributed by atoms with van der Waals surface area (Å²) in [6, 6.07) is 30.9. The predicted octanol–water partition coefficient (Wildman–Crippen LogP) is 5.95. The smallest absolute Gasteiger partial charge is 0.222 e. The SMILES string of the molecule is O=C(CCCc1cn(CN2CCN(C(c3ccccc3)c3ccccc3)CC2)c2ccccc12)N1CCCC1. The number of para-hydroxylation sites is 1. The fourth-order valence-electron chi connectivity index (χ4n) is 6.46.